The van der Waals surface area contributed by atoms with Gasteiger partial charge in [-0.1, -0.05) is 29.8 Å². The van der Waals surface area contributed by atoms with Gasteiger partial charge in [0.2, 0.25) is 0 Å². The Balaban J connectivity index is 1.42. The van der Waals surface area contributed by atoms with Crippen molar-refractivity contribution in [1.82, 2.24) is 14.7 Å². The number of morpholine rings is 1. The molecule has 0 aliphatic carbocycles. The molecule has 1 aliphatic rings. The van der Waals surface area contributed by atoms with Gasteiger partial charge in [-0.25, -0.2) is 4.68 Å². The van der Waals surface area contributed by atoms with Crippen LogP contribution in [0.25, 0.3) is 5.69 Å². The maximum atomic E-state index is 5.97. The summed E-state index contributed by atoms with van der Waals surface area (Å²) in [5, 5.41) is 5.22. The molecule has 5 nitrogen and oxygen atoms in total. The molecule has 0 bridgehead atoms. The molecule has 146 valence electrons. The molecule has 0 amide bonds. The smallest absolute Gasteiger partial charge is 0.0646 e. The Morgan fingerprint density at radius 3 is 2.57 bits per heavy atom. The van der Waals surface area contributed by atoms with Gasteiger partial charge in [-0.05, 0) is 42.9 Å². The molecule has 6 heteroatoms. The van der Waals surface area contributed by atoms with Crippen molar-refractivity contribution >= 4 is 17.3 Å². The normalized spacial score (nSPS) is 14.6. The van der Waals surface area contributed by atoms with Crippen LogP contribution in [0.2, 0.25) is 5.02 Å². The fourth-order valence-corrected chi connectivity index (χ4v) is 3.72. The summed E-state index contributed by atoms with van der Waals surface area (Å²) < 4.78 is 7.39. The van der Waals surface area contributed by atoms with Crippen molar-refractivity contribution in [2.45, 2.75) is 13.1 Å². The summed E-state index contributed by atoms with van der Waals surface area (Å²) in [5.74, 6) is 0. The molecule has 0 unspecified atom stereocenters. The predicted octanol–water partition coefficient (Wildman–Crippen LogP) is 3.99. The first kappa shape index (κ1) is 19.0. The van der Waals surface area contributed by atoms with Crippen molar-refractivity contribution < 1.29 is 4.74 Å². The van der Waals surface area contributed by atoms with Crippen LogP contribution in [-0.4, -0.2) is 48.0 Å². The average Bonchev–Trinajstić information content (AvgIpc) is 3.18. The van der Waals surface area contributed by atoms with Gasteiger partial charge < -0.3 is 9.64 Å². The van der Waals surface area contributed by atoms with E-state index in [1.807, 2.05) is 35.1 Å². The number of anilines is 1. The lowest BCUT2D eigenvalue weighted by Gasteiger charge is -2.31. The molecular formula is C22H25ClN4O. The molecule has 2 aromatic carbocycles. The SMILES string of the molecule is CN(Cc1cnn(-c2ccc(Cl)cc2)c1)Cc1ccccc1N1CCOCC1. The van der Waals surface area contributed by atoms with E-state index >= 15 is 0 Å². The number of ether oxygens (including phenoxy) is 1. The fraction of sp³-hybridized carbons (Fsp3) is 0.318. The van der Waals surface area contributed by atoms with Crippen LogP contribution >= 0.6 is 11.6 Å². The van der Waals surface area contributed by atoms with Gasteiger partial charge >= 0.3 is 0 Å². The number of para-hydroxylation sites is 1. The van der Waals surface area contributed by atoms with Gasteiger partial charge in [0.25, 0.3) is 0 Å². The number of rotatable bonds is 6. The van der Waals surface area contributed by atoms with Crippen molar-refractivity contribution in [2.75, 3.05) is 38.3 Å². The minimum atomic E-state index is 0.731. The van der Waals surface area contributed by atoms with Gasteiger partial charge in [0, 0.05) is 48.6 Å². The van der Waals surface area contributed by atoms with E-state index in [0.29, 0.717) is 0 Å². The van der Waals surface area contributed by atoms with Crippen molar-refractivity contribution in [3.05, 3.63) is 77.1 Å². The minimum absolute atomic E-state index is 0.731. The van der Waals surface area contributed by atoms with E-state index in [0.717, 1.165) is 50.1 Å². The lowest BCUT2D eigenvalue weighted by Crippen LogP contribution is -2.37. The highest BCUT2D eigenvalue weighted by molar-refractivity contribution is 6.30. The summed E-state index contributed by atoms with van der Waals surface area (Å²) in [6, 6.07) is 16.4. The number of benzene rings is 2. The van der Waals surface area contributed by atoms with Crippen LogP contribution in [0.5, 0.6) is 0 Å². The molecule has 0 atom stereocenters. The van der Waals surface area contributed by atoms with Gasteiger partial charge in [-0.15, -0.1) is 0 Å². The van der Waals surface area contributed by atoms with Crippen LogP contribution in [0.1, 0.15) is 11.1 Å². The van der Waals surface area contributed by atoms with Crippen molar-refractivity contribution in [1.29, 1.82) is 0 Å². The molecule has 2 heterocycles. The second kappa shape index (κ2) is 8.78. The molecule has 1 aromatic heterocycles. The van der Waals surface area contributed by atoms with Crippen molar-refractivity contribution in [3.8, 4) is 5.69 Å². The summed E-state index contributed by atoms with van der Waals surface area (Å²) in [7, 11) is 2.15. The van der Waals surface area contributed by atoms with Crippen molar-refractivity contribution in [3.63, 3.8) is 0 Å². The zero-order chi connectivity index (χ0) is 19.3. The molecule has 0 spiro atoms. The maximum absolute atomic E-state index is 5.97. The first-order chi connectivity index (χ1) is 13.7. The Morgan fingerprint density at radius 2 is 1.79 bits per heavy atom. The van der Waals surface area contributed by atoms with Gasteiger partial charge in [-0.3, -0.25) is 4.90 Å². The maximum Gasteiger partial charge on any atom is 0.0646 e. The number of hydrogen-bond acceptors (Lipinski definition) is 4. The van der Waals surface area contributed by atoms with Gasteiger partial charge in [-0.2, -0.15) is 5.10 Å². The standard InChI is InChI=1S/C22H25ClN4O/c1-25(15-18-14-24-27(16-18)21-8-6-20(23)7-9-21)17-19-4-2-3-5-22(19)26-10-12-28-13-11-26/h2-9,14,16H,10-13,15,17H2,1H3. The van der Waals surface area contributed by atoms with Gasteiger partial charge in [0.15, 0.2) is 0 Å². The van der Waals surface area contributed by atoms with E-state index in [-0.39, 0.29) is 0 Å². The van der Waals surface area contributed by atoms with Gasteiger partial charge in [0.05, 0.1) is 25.1 Å². The highest BCUT2D eigenvalue weighted by atomic mass is 35.5. The number of aromatic nitrogens is 2. The average molecular weight is 397 g/mol. The summed E-state index contributed by atoms with van der Waals surface area (Å²) >= 11 is 5.97. The minimum Gasteiger partial charge on any atom is -0.378 e. The Kier molecular flexibility index (Phi) is 5.95. The number of hydrogen-bond donors (Lipinski definition) is 0. The fourth-order valence-electron chi connectivity index (χ4n) is 3.59. The van der Waals surface area contributed by atoms with Crippen LogP contribution in [0.3, 0.4) is 0 Å². The molecule has 3 aromatic rings. The van der Waals surface area contributed by atoms with Crippen LogP contribution < -0.4 is 4.90 Å². The van der Waals surface area contributed by atoms with Crippen LogP contribution in [0.15, 0.2) is 60.9 Å². The quantitative estimate of drug-likeness (QED) is 0.630. The molecule has 0 N–H and O–H groups in total. The van der Waals surface area contributed by atoms with E-state index in [4.69, 9.17) is 16.3 Å². The van der Waals surface area contributed by atoms with E-state index in [1.54, 1.807) is 0 Å². The Labute approximate surface area is 171 Å². The summed E-state index contributed by atoms with van der Waals surface area (Å²) in [6.07, 6.45) is 4.01. The van der Waals surface area contributed by atoms with E-state index in [9.17, 15) is 0 Å². The third kappa shape index (κ3) is 4.55. The molecule has 1 aliphatic heterocycles. The molecule has 1 saturated heterocycles. The highest BCUT2D eigenvalue weighted by Gasteiger charge is 2.15. The van der Waals surface area contributed by atoms with E-state index in [1.165, 1.54) is 16.8 Å². The summed E-state index contributed by atoms with van der Waals surface area (Å²) in [5.41, 5.74) is 4.85. The Bertz CT molecular complexity index is 903. The van der Waals surface area contributed by atoms with Crippen molar-refractivity contribution in [2.24, 2.45) is 0 Å². The largest absolute Gasteiger partial charge is 0.378 e. The first-order valence-corrected chi connectivity index (χ1v) is 9.95. The lowest BCUT2D eigenvalue weighted by molar-refractivity contribution is 0.122. The molecule has 0 saturated carbocycles. The van der Waals surface area contributed by atoms with Crippen LogP contribution in [-0.2, 0) is 17.8 Å². The first-order valence-electron chi connectivity index (χ1n) is 9.58. The van der Waals surface area contributed by atoms with E-state index < -0.39 is 0 Å². The zero-order valence-corrected chi connectivity index (χ0v) is 16.8. The topological polar surface area (TPSA) is 33.5 Å². The lowest BCUT2D eigenvalue weighted by atomic mass is 10.1. The second-order valence-electron chi connectivity index (χ2n) is 7.17. The molecule has 4 rings (SSSR count). The molecular weight excluding hydrogens is 372 g/mol. The Hall–Kier alpha value is -2.34. The van der Waals surface area contributed by atoms with Gasteiger partial charge in [0.1, 0.15) is 0 Å². The Morgan fingerprint density at radius 1 is 1.04 bits per heavy atom. The monoisotopic (exact) mass is 396 g/mol. The zero-order valence-electron chi connectivity index (χ0n) is 16.1. The summed E-state index contributed by atoms with van der Waals surface area (Å²) in [6.45, 7) is 5.23. The predicted molar refractivity (Wildman–Crippen MR) is 113 cm³/mol. The number of nitrogens with zero attached hydrogens (tertiary/aromatic N) is 4. The van der Waals surface area contributed by atoms with Crippen LogP contribution in [0, 0.1) is 0 Å². The molecule has 1 fully saturated rings. The third-order valence-electron chi connectivity index (χ3n) is 4.96. The number of halogens is 1. The third-order valence-corrected chi connectivity index (χ3v) is 5.22. The second-order valence-corrected chi connectivity index (χ2v) is 7.61. The molecule has 0 radical (unpaired) electrons. The van der Waals surface area contributed by atoms with E-state index in [2.05, 4.69) is 52.4 Å². The highest BCUT2D eigenvalue weighted by Crippen LogP contribution is 2.23. The van der Waals surface area contributed by atoms with Crippen LogP contribution in [0.4, 0.5) is 5.69 Å². The molecule has 28 heavy (non-hydrogen) atoms. The summed E-state index contributed by atoms with van der Waals surface area (Å²) in [4.78, 5) is 4.74.